The van der Waals surface area contributed by atoms with Crippen molar-refractivity contribution in [2.24, 2.45) is 5.92 Å². The van der Waals surface area contributed by atoms with Gasteiger partial charge >= 0.3 is 0 Å². The molecule has 1 heteroatoms. The van der Waals surface area contributed by atoms with E-state index in [4.69, 9.17) is 0 Å². The maximum absolute atomic E-state index is 9.17. The van der Waals surface area contributed by atoms with Crippen LogP contribution in [0.25, 0.3) is 0 Å². The van der Waals surface area contributed by atoms with Crippen LogP contribution in [0.4, 0.5) is 0 Å². The summed E-state index contributed by atoms with van der Waals surface area (Å²) in [6.07, 6.45) is 5.55. The average Bonchev–Trinajstić information content (AvgIpc) is 1.62. The lowest BCUT2D eigenvalue weighted by molar-refractivity contribution is 0.0921. The second kappa shape index (κ2) is 1.35. The molecular formula is C7H10O. The second-order valence-electron chi connectivity index (χ2n) is 2.80. The fourth-order valence-electron chi connectivity index (χ4n) is 1.55. The van der Waals surface area contributed by atoms with Crippen molar-refractivity contribution in [1.29, 1.82) is 0 Å². The van der Waals surface area contributed by atoms with Crippen molar-refractivity contribution >= 4 is 0 Å². The average molecular weight is 110 g/mol. The van der Waals surface area contributed by atoms with E-state index >= 15 is 0 Å². The summed E-state index contributed by atoms with van der Waals surface area (Å²) < 4.78 is 0. The molecule has 2 unspecified atom stereocenters. The van der Waals surface area contributed by atoms with Crippen molar-refractivity contribution in [2.45, 2.75) is 25.4 Å². The Morgan fingerprint density at radius 1 is 1.62 bits per heavy atom. The van der Waals surface area contributed by atoms with Crippen LogP contribution in [0.3, 0.4) is 0 Å². The number of aliphatic hydroxyl groups is 1. The van der Waals surface area contributed by atoms with Crippen LogP contribution in [0.2, 0.25) is 0 Å². The van der Waals surface area contributed by atoms with Gasteiger partial charge in [0.25, 0.3) is 0 Å². The number of aliphatic hydroxyl groups excluding tert-OH is 1. The summed E-state index contributed by atoms with van der Waals surface area (Å²) in [7, 11) is 0. The largest absolute Gasteiger partial charge is 0.392 e. The molecule has 0 heterocycles. The summed E-state index contributed by atoms with van der Waals surface area (Å²) in [5.74, 6) is 0.541. The van der Waals surface area contributed by atoms with E-state index in [0.29, 0.717) is 5.92 Å². The summed E-state index contributed by atoms with van der Waals surface area (Å²) in [6.45, 7) is 0. The molecule has 1 nitrogen and oxygen atoms in total. The Balaban J connectivity index is 2.18. The van der Waals surface area contributed by atoms with E-state index in [1.54, 1.807) is 5.57 Å². The molecule has 44 valence electrons. The van der Waals surface area contributed by atoms with Crippen molar-refractivity contribution in [3.05, 3.63) is 11.6 Å². The zero-order chi connectivity index (χ0) is 5.56. The predicted octanol–water partition coefficient (Wildman–Crippen LogP) is 1.09. The lowest BCUT2D eigenvalue weighted by Crippen LogP contribution is -2.30. The highest BCUT2D eigenvalue weighted by atomic mass is 16.3. The van der Waals surface area contributed by atoms with Crippen molar-refractivity contribution in [3.63, 3.8) is 0 Å². The number of allylic oxidation sites excluding steroid dienone is 1. The zero-order valence-electron chi connectivity index (χ0n) is 4.80. The summed E-state index contributed by atoms with van der Waals surface area (Å²) in [6, 6.07) is 0. The van der Waals surface area contributed by atoms with Crippen LogP contribution in [0, 0.1) is 5.92 Å². The van der Waals surface area contributed by atoms with Gasteiger partial charge in [0, 0.05) is 5.92 Å². The van der Waals surface area contributed by atoms with E-state index in [0.717, 1.165) is 12.8 Å². The van der Waals surface area contributed by atoms with Gasteiger partial charge in [0.15, 0.2) is 0 Å². The molecular weight excluding hydrogens is 100 g/mol. The van der Waals surface area contributed by atoms with Crippen LogP contribution in [0.1, 0.15) is 19.3 Å². The van der Waals surface area contributed by atoms with Crippen LogP contribution in [0.5, 0.6) is 0 Å². The van der Waals surface area contributed by atoms with Crippen LogP contribution in [-0.4, -0.2) is 11.2 Å². The zero-order valence-corrected chi connectivity index (χ0v) is 4.80. The Morgan fingerprint density at radius 2 is 2.38 bits per heavy atom. The normalized spacial score (nSPS) is 42.9. The first-order chi connectivity index (χ1) is 3.86. The standard InChI is InChI=1S/C7H10O/c8-7-2-1-5-3-6(7)4-5/h3,6-8H,1-2,4H2. The number of rotatable bonds is 0. The minimum absolute atomic E-state index is 0.00694. The molecule has 3 rings (SSSR count). The van der Waals surface area contributed by atoms with Crippen LogP contribution < -0.4 is 0 Å². The third-order valence-electron chi connectivity index (χ3n) is 2.20. The molecule has 1 fully saturated rings. The summed E-state index contributed by atoms with van der Waals surface area (Å²) in [5.41, 5.74) is 1.57. The van der Waals surface area contributed by atoms with E-state index in [2.05, 4.69) is 6.08 Å². The van der Waals surface area contributed by atoms with Gasteiger partial charge in [0.2, 0.25) is 0 Å². The van der Waals surface area contributed by atoms with E-state index < -0.39 is 0 Å². The number of hydrogen-bond acceptors (Lipinski definition) is 1. The fraction of sp³-hybridized carbons (Fsp3) is 0.714. The molecule has 1 saturated carbocycles. The molecule has 0 radical (unpaired) electrons. The second-order valence-corrected chi connectivity index (χ2v) is 2.80. The minimum Gasteiger partial charge on any atom is -0.392 e. The molecule has 0 aromatic rings. The molecule has 3 aliphatic carbocycles. The van der Waals surface area contributed by atoms with Crippen molar-refractivity contribution < 1.29 is 5.11 Å². The lowest BCUT2D eigenvalue weighted by Gasteiger charge is -2.35. The molecule has 1 N–H and O–H groups in total. The number of hydrogen-bond donors (Lipinski definition) is 1. The first kappa shape index (κ1) is 4.57. The first-order valence-electron chi connectivity index (χ1n) is 3.24. The molecule has 2 atom stereocenters. The van der Waals surface area contributed by atoms with E-state index in [1.165, 1.54) is 6.42 Å². The van der Waals surface area contributed by atoms with E-state index in [-0.39, 0.29) is 6.10 Å². The molecule has 2 bridgehead atoms. The molecule has 0 aliphatic heterocycles. The highest BCUT2D eigenvalue weighted by Crippen LogP contribution is 2.38. The lowest BCUT2D eigenvalue weighted by atomic mass is 9.73. The van der Waals surface area contributed by atoms with Gasteiger partial charge in [0.05, 0.1) is 6.10 Å². The molecule has 0 amide bonds. The first-order valence-corrected chi connectivity index (χ1v) is 3.24. The third kappa shape index (κ3) is 0.451. The topological polar surface area (TPSA) is 20.2 Å². The van der Waals surface area contributed by atoms with Gasteiger partial charge in [-0.25, -0.2) is 0 Å². The molecule has 0 saturated heterocycles. The number of fused-ring (bicyclic) bond motifs is 2. The summed E-state index contributed by atoms with van der Waals surface area (Å²) in [5, 5.41) is 9.17. The molecule has 3 aliphatic rings. The Hall–Kier alpha value is -0.300. The molecule has 0 aromatic heterocycles. The summed E-state index contributed by atoms with van der Waals surface area (Å²) in [4.78, 5) is 0. The predicted molar refractivity (Wildman–Crippen MR) is 31.4 cm³/mol. The Morgan fingerprint density at radius 3 is 2.62 bits per heavy atom. The van der Waals surface area contributed by atoms with E-state index in [9.17, 15) is 5.11 Å². The Bertz CT molecular complexity index is 137. The maximum atomic E-state index is 9.17. The third-order valence-corrected chi connectivity index (χ3v) is 2.20. The van der Waals surface area contributed by atoms with Gasteiger partial charge in [-0.3, -0.25) is 0 Å². The van der Waals surface area contributed by atoms with E-state index in [1.807, 2.05) is 0 Å². The van der Waals surface area contributed by atoms with Gasteiger partial charge < -0.3 is 5.11 Å². The SMILES string of the molecule is OC1CCC2=CC1C2. The van der Waals surface area contributed by atoms with Gasteiger partial charge in [-0.15, -0.1) is 0 Å². The van der Waals surface area contributed by atoms with Crippen LogP contribution >= 0.6 is 0 Å². The van der Waals surface area contributed by atoms with Crippen molar-refractivity contribution in [3.8, 4) is 0 Å². The molecule has 0 aromatic carbocycles. The Kier molecular flexibility index (Phi) is 0.770. The van der Waals surface area contributed by atoms with Crippen molar-refractivity contribution in [2.75, 3.05) is 0 Å². The minimum atomic E-state index is -0.00694. The Labute approximate surface area is 49.0 Å². The van der Waals surface area contributed by atoms with Crippen LogP contribution in [-0.2, 0) is 0 Å². The van der Waals surface area contributed by atoms with Crippen LogP contribution in [0.15, 0.2) is 11.6 Å². The fourth-order valence-corrected chi connectivity index (χ4v) is 1.55. The van der Waals surface area contributed by atoms with Crippen molar-refractivity contribution in [1.82, 2.24) is 0 Å². The maximum Gasteiger partial charge on any atom is 0.0609 e. The summed E-state index contributed by atoms with van der Waals surface area (Å²) >= 11 is 0. The van der Waals surface area contributed by atoms with Gasteiger partial charge in [-0.05, 0) is 19.3 Å². The highest BCUT2D eigenvalue weighted by molar-refractivity contribution is 5.22. The van der Waals surface area contributed by atoms with Gasteiger partial charge in [-0.1, -0.05) is 11.6 Å². The molecule has 0 spiro atoms. The smallest absolute Gasteiger partial charge is 0.0609 e. The quantitative estimate of drug-likeness (QED) is 0.463. The van der Waals surface area contributed by atoms with Gasteiger partial charge in [-0.2, -0.15) is 0 Å². The van der Waals surface area contributed by atoms with Gasteiger partial charge in [0.1, 0.15) is 0 Å². The monoisotopic (exact) mass is 110 g/mol. The highest BCUT2D eigenvalue weighted by Gasteiger charge is 2.30. The molecule has 8 heavy (non-hydrogen) atoms.